The van der Waals surface area contributed by atoms with Crippen molar-refractivity contribution in [1.29, 1.82) is 0 Å². The van der Waals surface area contributed by atoms with Crippen molar-refractivity contribution < 1.29 is 13.9 Å². The molecular weight excluding hydrogens is 454 g/mol. The molecule has 3 aromatic rings. The molecule has 1 aromatic heterocycles. The first kappa shape index (κ1) is 21.7. The number of carbonyl (C=O) groups excluding carboxylic acids is 1. The van der Waals surface area contributed by atoms with Crippen LogP contribution < -0.4 is 10.1 Å². The van der Waals surface area contributed by atoms with Crippen molar-refractivity contribution in [3.8, 4) is 16.9 Å². The fraction of sp³-hybridized carbons (Fsp3) is 0.346. The number of hydrogen-bond acceptors (Lipinski definition) is 3. The van der Waals surface area contributed by atoms with Gasteiger partial charge in [0.2, 0.25) is 5.91 Å². The monoisotopic (exact) mass is 481 g/mol. The second kappa shape index (κ2) is 9.73. The molecule has 1 aliphatic rings. The topological polar surface area (TPSA) is 51.5 Å². The number of hydrogen-bond donors (Lipinski definition) is 1. The third-order valence-electron chi connectivity index (χ3n) is 6.01. The molecule has 0 radical (unpaired) electrons. The summed E-state index contributed by atoms with van der Waals surface area (Å²) in [6, 6.07) is 12.4. The first-order valence-electron chi connectivity index (χ1n) is 10.9. The van der Waals surface area contributed by atoms with Crippen molar-refractivity contribution in [2.45, 2.75) is 51.5 Å². The predicted molar refractivity (Wildman–Crippen MR) is 129 cm³/mol. The molecule has 0 bridgehead atoms. The van der Waals surface area contributed by atoms with Gasteiger partial charge in [0.25, 0.3) is 0 Å². The highest BCUT2D eigenvalue weighted by molar-refractivity contribution is 9.10. The predicted octanol–water partition coefficient (Wildman–Crippen LogP) is 7.11. The average Bonchev–Trinajstić information content (AvgIpc) is 3.00. The fourth-order valence-corrected chi connectivity index (χ4v) is 4.75. The minimum absolute atomic E-state index is 0.0362. The molecule has 0 saturated heterocycles. The molecule has 5 heteroatoms. The molecule has 1 saturated carbocycles. The smallest absolute Gasteiger partial charge is 0.244 e. The van der Waals surface area contributed by atoms with E-state index in [-0.39, 0.29) is 11.9 Å². The Bertz CT molecular complexity index is 1110. The highest BCUT2D eigenvalue weighted by Crippen LogP contribution is 2.37. The summed E-state index contributed by atoms with van der Waals surface area (Å²) in [5.74, 6) is 0.657. The zero-order valence-electron chi connectivity index (χ0n) is 18.0. The van der Waals surface area contributed by atoms with Crippen molar-refractivity contribution in [2.24, 2.45) is 0 Å². The SMILES string of the molecule is COc1cc2occ(-c3cccc(Br)c3)c2cc1/C(C)=C/C(=O)NC1CCCCCC1. The van der Waals surface area contributed by atoms with Crippen LogP contribution in [0.1, 0.15) is 51.0 Å². The summed E-state index contributed by atoms with van der Waals surface area (Å²) in [4.78, 5) is 12.7. The normalized spacial score (nSPS) is 15.6. The van der Waals surface area contributed by atoms with Gasteiger partial charge in [0.15, 0.2) is 0 Å². The molecule has 1 N–H and O–H groups in total. The first-order valence-corrected chi connectivity index (χ1v) is 11.7. The maximum atomic E-state index is 12.7. The minimum atomic E-state index is -0.0362. The Morgan fingerprint density at radius 1 is 1.16 bits per heavy atom. The summed E-state index contributed by atoms with van der Waals surface area (Å²) < 4.78 is 12.4. The summed E-state index contributed by atoms with van der Waals surface area (Å²) in [5.41, 5.74) is 4.59. The van der Waals surface area contributed by atoms with E-state index < -0.39 is 0 Å². The highest BCUT2D eigenvalue weighted by Gasteiger charge is 2.17. The Hall–Kier alpha value is -2.53. The van der Waals surface area contributed by atoms with Gasteiger partial charge in [-0.15, -0.1) is 0 Å². The number of allylic oxidation sites excluding steroid dienone is 1. The van der Waals surface area contributed by atoms with E-state index in [1.54, 1.807) is 19.4 Å². The number of fused-ring (bicyclic) bond motifs is 1. The van der Waals surface area contributed by atoms with Gasteiger partial charge >= 0.3 is 0 Å². The van der Waals surface area contributed by atoms with Crippen LogP contribution in [-0.2, 0) is 4.79 Å². The molecule has 0 atom stereocenters. The van der Waals surface area contributed by atoms with E-state index in [0.29, 0.717) is 5.75 Å². The van der Waals surface area contributed by atoms with E-state index in [2.05, 4.69) is 39.4 Å². The standard InChI is InChI=1S/C26H28BrNO3/c1-17(12-26(29)28-20-10-5-3-4-6-11-20)21-14-22-23(18-8-7-9-19(27)13-18)16-31-25(22)15-24(21)30-2/h7-9,12-16,20H,3-6,10-11H2,1-2H3,(H,28,29)/b17-12+. The Balaban J connectivity index is 1.65. The van der Waals surface area contributed by atoms with Crippen molar-refractivity contribution in [3.05, 3.63) is 58.8 Å². The van der Waals surface area contributed by atoms with Crippen molar-refractivity contribution in [3.63, 3.8) is 0 Å². The first-order chi connectivity index (χ1) is 15.0. The molecule has 1 aliphatic carbocycles. The van der Waals surface area contributed by atoms with Crippen LogP contribution in [0, 0.1) is 0 Å². The van der Waals surface area contributed by atoms with Crippen LogP contribution in [0.4, 0.5) is 0 Å². The van der Waals surface area contributed by atoms with E-state index in [0.717, 1.165) is 50.5 Å². The van der Waals surface area contributed by atoms with E-state index in [1.807, 2.05) is 25.1 Å². The van der Waals surface area contributed by atoms with Gasteiger partial charge in [-0.3, -0.25) is 4.79 Å². The van der Waals surface area contributed by atoms with Gasteiger partial charge in [0.05, 0.1) is 13.4 Å². The van der Waals surface area contributed by atoms with Crippen molar-refractivity contribution in [2.75, 3.05) is 7.11 Å². The lowest BCUT2D eigenvalue weighted by Crippen LogP contribution is -2.33. The Morgan fingerprint density at radius 2 is 1.94 bits per heavy atom. The Kier molecular flexibility index (Phi) is 6.81. The van der Waals surface area contributed by atoms with Crippen LogP contribution in [0.2, 0.25) is 0 Å². The molecular formula is C26H28BrNO3. The summed E-state index contributed by atoms with van der Waals surface area (Å²) in [7, 11) is 1.64. The second-order valence-corrected chi connectivity index (χ2v) is 9.15. The van der Waals surface area contributed by atoms with E-state index in [4.69, 9.17) is 9.15 Å². The van der Waals surface area contributed by atoms with Crippen LogP contribution in [0.5, 0.6) is 5.75 Å². The van der Waals surface area contributed by atoms with Gasteiger partial charge in [-0.05, 0) is 49.1 Å². The quantitative estimate of drug-likeness (QED) is 0.311. The highest BCUT2D eigenvalue weighted by atomic mass is 79.9. The van der Waals surface area contributed by atoms with E-state index >= 15 is 0 Å². The number of carbonyl (C=O) groups is 1. The van der Waals surface area contributed by atoms with Crippen LogP contribution in [0.15, 0.2) is 57.6 Å². The number of amides is 1. The summed E-state index contributed by atoms with van der Waals surface area (Å²) in [6.45, 7) is 1.95. The largest absolute Gasteiger partial charge is 0.496 e. The lowest BCUT2D eigenvalue weighted by Gasteiger charge is -2.15. The van der Waals surface area contributed by atoms with Crippen LogP contribution in [0.3, 0.4) is 0 Å². The van der Waals surface area contributed by atoms with Crippen LogP contribution in [0.25, 0.3) is 27.7 Å². The zero-order valence-corrected chi connectivity index (χ0v) is 19.6. The molecule has 0 unspecified atom stereocenters. The maximum Gasteiger partial charge on any atom is 0.244 e. The summed E-state index contributed by atoms with van der Waals surface area (Å²) >= 11 is 3.54. The fourth-order valence-electron chi connectivity index (χ4n) is 4.35. The van der Waals surface area contributed by atoms with E-state index in [9.17, 15) is 4.79 Å². The lowest BCUT2D eigenvalue weighted by atomic mass is 9.99. The third kappa shape index (κ3) is 5.04. The van der Waals surface area contributed by atoms with Crippen molar-refractivity contribution >= 4 is 38.4 Å². The Morgan fingerprint density at radius 3 is 2.65 bits per heavy atom. The number of rotatable bonds is 5. The molecule has 1 heterocycles. The molecule has 31 heavy (non-hydrogen) atoms. The minimum Gasteiger partial charge on any atom is -0.496 e. The third-order valence-corrected chi connectivity index (χ3v) is 6.50. The molecule has 4 nitrogen and oxygen atoms in total. The summed E-state index contributed by atoms with van der Waals surface area (Å²) in [5, 5.41) is 4.18. The molecule has 162 valence electrons. The van der Waals surface area contributed by atoms with E-state index in [1.165, 1.54) is 25.7 Å². The molecule has 4 rings (SSSR count). The second-order valence-electron chi connectivity index (χ2n) is 8.23. The molecule has 1 amide bonds. The van der Waals surface area contributed by atoms with Crippen LogP contribution >= 0.6 is 15.9 Å². The molecule has 2 aromatic carbocycles. The number of furan rings is 1. The van der Waals surface area contributed by atoms with Gasteiger partial charge in [0.1, 0.15) is 11.3 Å². The lowest BCUT2D eigenvalue weighted by molar-refractivity contribution is -0.117. The van der Waals surface area contributed by atoms with Gasteiger partial charge in [0, 0.05) is 39.2 Å². The number of benzene rings is 2. The molecule has 1 fully saturated rings. The number of halogens is 1. The Labute approximate surface area is 191 Å². The summed E-state index contributed by atoms with van der Waals surface area (Å²) in [6.07, 6.45) is 10.5. The molecule has 0 spiro atoms. The van der Waals surface area contributed by atoms with Gasteiger partial charge in [-0.25, -0.2) is 0 Å². The maximum absolute atomic E-state index is 12.7. The van der Waals surface area contributed by atoms with Crippen LogP contribution in [-0.4, -0.2) is 19.1 Å². The number of ether oxygens (including phenoxy) is 1. The van der Waals surface area contributed by atoms with Crippen molar-refractivity contribution in [1.82, 2.24) is 5.32 Å². The van der Waals surface area contributed by atoms with Gasteiger partial charge in [-0.1, -0.05) is 53.7 Å². The molecule has 0 aliphatic heterocycles. The number of nitrogens with one attached hydrogen (secondary N) is 1. The van der Waals surface area contributed by atoms with Gasteiger partial charge < -0.3 is 14.5 Å². The number of methoxy groups -OCH3 is 1. The zero-order chi connectivity index (χ0) is 21.8. The average molecular weight is 482 g/mol. The van der Waals surface area contributed by atoms with Gasteiger partial charge in [-0.2, -0.15) is 0 Å².